The molecule has 0 bridgehead atoms. The van der Waals surface area contributed by atoms with E-state index in [-0.39, 0.29) is 23.6 Å². The molecule has 2 aliphatic heterocycles. The third kappa shape index (κ3) is 3.66. The quantitative estimate of drug-likeness (QED) is 0.413. The number of hydrogen-bond acceptors (Lipinski definition) is 7. The molecule has 0 radical (unpaired) electrons. The average molecular weight is 405 g/mol. The lowest BCUT2D eigenvalue weighted by atomic mass is 9.83. The second-order valence-corrected chi connectivity index (χ2v) is 7.73. The molecule has 2 aliphatic rings. The van der Waals surface area contributed by atoms with Crippen LogP contribution in [0.25, 0.3) is 5.57 Å². The fourth-order valence-corrected chi connectivity index (χ4v) is 3.84. The zero-order valence-corrected chi connectivity index (χ0v) is 17.3. The maximum Gasteiger partial charge on any atom is 0.358 e. The van der Waals surface area contributed by atoms with Gasteiger partial charge in [0.2, 0.25) is 12.7 Å². The predicted molar refractivity (Wildman–Crippen MR) is 102 cm³/mol. The summed E-state index contributed by atoms with van der Waals surface area (Å²) >= 11 is 0. The van der Waals surface area contributed by atoms with Crippen molar-refractivity contribution < 1.29 is 29.0 Å². The van der Waals surface area contributed by atoms with Crippen molar-refractivity contribution in [3.8, 4) is 0 Å². The van der Waals surface area contributed by atoms with E-state index < -0.39 is 30.8 Å². The van der Waals surface area contributed by atoms with Crippen molar-refractivity contribution >= 4 is 23.4 Å². The van der Waals surface area contributed by atoms with E-state index in [9.17, 15) is 19.5 Å². The van der Waals surface area contributed by atoms with Crippen LogP contribution < -0.4 is 0 Å². The Balaban J connectivity index is 1.88. The van der Waals surface area contributed by atoms with Crippen molar-refractivity contribution in [2.75, 3.05) is 6.79 Å². The molecule has 1 saturated heterocycles. The maximum atomic E-state index is 12.8. The van der Waals surface area contributed by atoms with Gasteiger partial charge in [0.05, 0.1) is 29.7 Å². The number of amides is 1. The molecule has 1 amide bonds. The van der Waals surface area contributed by atoms with Gasteiger partial charge >= 0.3 is 11.9 Å². The van der Waals surface area contributed by atoms with Gasteiger partial charge in [-0.05, 0) is 33.3 Å². The summed E-state index contributed by atoms with van der Waals surface area (Å²) in [5, 5.41) is 14.5. The lowest BCUT2D eigenvalue weighted by Gasteiger charge is -2.44. The summed E-state index contributed by atoms with van der Waals surface area (Å²) in [5.41, 5.74) is 2.24. The monoisotopic (exact) mass is 405 g/mol. The zero-order valence-electron chi connectivity index (χ0n) is 17.3. The van der Waals surface area contributed by atoms with E-state index in [0.717, 1.165) is 5.69 Å². The molecule has 1 fully saturated rings. The number of fused-ring (bicyclic) bond motifs is 1. The third-order valence-corrected chi connectivity index (χ3v) is 5.37. The number of aliphatic hydroxyl groups excluding tert-OH is 1. The van der Waals surface area contributed by atoms with Crippen LogP contribution in [0.5, 0.6) is 0 Å². The third-order valence-electron chi connectivity index (χ3n) is 5.37. The highest BCUT2D eigenvalue weighted by molar-refractivity contribution is 6.06. The lowest BCUT2D eigenvalue weighted by molar-refractivity contribution is -0.172. The Hall–Kier alpha value is -2.68. The molecule has 3 heterocycles. The van der Waals surface area contributed by atoms with Crippen molar-refractivity contribution in [3.63, 3.8) is 0 Å². The molecular formula is C20H27N3O6. The molecule has 1 N–H and O–H groups in total. The number of carbonyl (C=O) groups is 3. The first kappa shape index (κ1) is 21.0. The SMILES string of the molecule is CCn1nc(C2=C(C(=O)OCOC(=O)C(C)C)N3C(=O)[C@H]([C@@H](C)O)[C@H]3C2)cc1C. The van der Waals surface area contributed by atoms with Crippen molar-refractivity contribution in [3.05, 3.63) is 23.2 Å². The largest absolute Gasteiger partial charge is 0.428 e. The van der Waals surface area contributed by atoms with E-state index in [1.54, 1.807) is 25.5 Å². The van der Waals surface area contributed by atoms with Crippen molar-refractivity contribution in [2.45, 2.75) is 59.7 Å². The molecule has 0 spiro atoms. The van der Waals surface area contributed by atoms with Gasteiger partial charge in [0.25, 0.3) is 0 Å². The molecule has 3 atom stereocenters. The molecule has 9 nitrogen and oxygen atoms in total. The Morgan fingerprint density at radius 1 is 1.31 bits per heavy atom. The fourth-order valence-electron chi connectivity index (χ4n) is 3.84. The van der Waals surface area contributed by atoms with Crippen molar-refractivity contribution in [2.24, 2.45) is 11.8 Å². The van der Waals surface area contributed by atoms with Crippen LogP contribution in [-0.4, -0.2) is 56.6 Å². The summed E-state index contributed by atoms with van der Waals surface area (Å²) in [6.07, 6.45) is -0.417. The maximum absolute atomic E-state index is 12.8. The summed E-state index contributed by atoms with van der Waals surface area (Å²) in [6, 6.07) is 1.55. The number of ether oxygens (including phenoxy) is 2. The molecular weight excluding hydrogens is 378 g/mol. The van der Waals surface area contributed by atoms with E-state index in [1.165, 1.54) is 4.90 Å². The normalized spacial score (nSPS) is 21.9. The van der Waals surface area contributed by atoms with Crippen LogP contribution >= 0.6 is 0 Å². The smallest absolute Gasteiger partial charge is 0.358 e. The van der Waals surface area contributed by atoms with E-state index >= 15 is 0 Å². The number of aromatic nitrogens is 2. The Morgan fingerprint density at radius 3 is 2.55 bits per heavy atom. The number of nitrogens with zero attached hydrogens (tertiary/aromatic N) is 3. The van der Waals surface area contributed by atoms with Gasteiger partial charge in [-0.25, -0.2) is 4.79 Å². The zero-order chi connectivity index (χ0) is 21.5. The van der Waals surface area contributed by atoms with Gasteiger partial charge in [0.1, 0.15) is 5.70 Å². The highest BCUT2D eigenvalue weighted by Crippen LogP contribution is 2.47. The lowest BCUT2D eigenvalue weighted by Crippen LogP contribution is -2.61. The molecule has 1 aromatic rings. The molecule has 0 unspecified atom stereocenters. The number of aliphatic hydroxyl groups is 1. The summed E-state index contributed by atoms with van der Waals surface area (Å²) < 4.78 is 11.8. The average Bonchev–Trinajstić information content (AvgIpc) is 3.18. The highest BCUT2D eigenvalue weighted by Gasteiger charge is 2.57. The van der Waals surface area contributed by atoms with Gasteiger partial charge in [0.15, 0.2) is 0 Å². The molecule has 29 heavy (non-hydrogen) atoms. The molecule has 0 saturated carbocycles. The minimum Gasteiger partial charge on any atom is -0.428 e. The van der Waals surface area contributed by atoms with Gasteiger partial charge < -0.3 is 19.5 Å². The van der Waals surface area contributed by atoms with E-state index in [0.29, 0.717) is 24.2 Å². The summed E-state index contributed by atoms with van der Waals surface area (Å²) in [7, 11) is 0. The first-order valence-electron chi connectivity index (χ1n) is 9.80. The van der Waals surface area contributed by atoms with Crippen LogP contribution in [0.15, 0.2) is 11.8 Å². The van der Waals surface area contributed by atoms with E-state index in [2.05, 4.69) is 5.10 Å². The van der Waals surface area contributed by atoms with Crippen LogP contribution in [0.1, 0.15) is 45.5 Å². The Morgan fingerprint density at radius 2 is 2.00 bits per heavy atom. The van der Waals surface area contributed by atoms with E-state index in [1.807, 2.05) is 19.9 Å². The van der Waals surface area contributed by atoms with E-state index in [4.69, 9.17) is 9.47 Å². The minimum absolute atomic E-state index is 0.109. The first-order valence-corrected chi connectivity index (χ1v) is 9.80. The second-order valence-electron chi connectivity index (χ2n) is 7.73. The fraction of sp³-hybridized carbons (Fsp3) is 0.600. The highest BCUT2D eigenvalue weighted by atomic mass is 16.7. The number of hydrogen-bond donors (Lipinski definition) is 1. The molecule has 9 heteroatoms. The summed E-state index contributed by atoms with van der Waals surface area (Å²) in [4.78, 5) is 38.3. The summed E-state index contributed by atoms with van der Waals surface area (Å²) in [5.74, 6) is -2.46. The summed E-state index contributed by atoms with van der Waals surface area (Å²) in [6.45, 7) is 8.94. The Labute approximate surface area is 169 Å². The topological polar surface area (TPSA) is 111 Å². The molecule has 0 aliphatic carbocycles. The minimum atomic E-state index is -0.817. The molecule has 0 aromatic carbocycles. The van der Waals surface area contributed by atoms with Gasteiger partial charge in [-0.3, -0.25) is 14.3 Å². The van der Waals surface area contributed by atoms with Gasteiger partial charge in [-0.15, -0.1) is 0 Å². The molecule has 1 aromatic heterocycles. The first-order chi connectivity index (χ1) is 13.7. The van der Waals surface area contributed by atoms with Crippen LogP contribution in [0.4, 0.5) is 0 Å². The number of esters is 2. The van der Waals surface area contributed by atoms with Gasteiger partial charge in [0, 0.05) is 17.8 Å². The second kappa shape index (κ2) is 7.98. The number of aryl methyl sites for hydroxylation is 2. The Kier molecular flexibility index (Phi) is 5.79. The molecule has 158 valence electrons. The van der Waals surface area contributed by atoms with Crippen LogP contribution in [0.2, 0.25) is 0 Å². The van der Waals surface area contributed by atoms with Crippen molar-refractivity contribution in [1.29, 1.82) is 0 Å². The van der Waals surface area contributed by atoms with Gasteiger partial charge in [-0.1, -0.05) is 13.8 Å². The van der Waals surface area contributed by atoms with Crippen LogP contribution in [-0.2, 0) is 30.4 Å². The predicted octanol–water partition coefficient (Wildman–Crippen LogP) is 1.23. The van der Waals surface area contributed by atoms with Crippen LogP contribution in [0.3, 0.4) is 0 Å². The van der Waals surface area contributed by atoms with Gasteiger partial charge in [-0.2, -0.15) is 5.10 Å². The van der Waals surface area contributed by atoms with Crippen LogP contribution in [0, 0.1) is 18.8 Å². The number of carbonyl (C=O) groups excluding carboxylic acids is 3. The number of rotatable bonds is 7. The molecule has 3 rings (SSSR count). The number of β-lactam (4-membered cyclic amide) rings is 1. The Bertz CT molecular complexity index is 870. The standard InChI is InChI=1S/C20H27N3O6/c1-6-22-11(4)7-14(21-22)13-8-15-16(12(5)24)18(25)23(15)17(13)20(27)29-9-28-19(26)10(2)3/h7,10,12,15-16,24H,6,8-9H2,1-5H3/t12-,15-,16-/m1/s1. The van der Waals surface area contributed by atoms with Crippen molar-refractivity contribution in [1.82, 2.24) is 14.7 Å².